The molecule has 148 valence electrons. The summed E-state index contributed by atoms with van der Waals surface area (Å²) in [5.41, 5.74) is 3.22. The minimum atomic E-state index is -0.159. The van der Waals surface area contributed by atoms with Gasteiger partial charge in [0.15, 0.2) is 11.6 Å². The first-order valence-electron chi connectivity index (χ1n) is 9.32. The number of para-hydroxylation sites is 2. The molecule has 1 N–H and O–H groups in total. The number of imidazole rings is 1. The van der Waals surface area contributed by atoms with E-state index in [0.717, 1.165) is 24.0 Å². The van der Waals surface area contributed by atoms with Crippen molar-refractivity contribution in [1.29, 1.82) is 0 Å². The van der Waals surface area contributed by atoms with Crippen molar-refractivity contribution in [2.24, 2.45) is 0 Å². The third-order valence-corrected chi connectivity index (χ3v) is 5.29. The van der Waals surface area contributed by atoms with E-state index >= 15 is 0 Å². The van der Waals surface area contributed by atoms with Crippen molar-refractivity contribution in [2.45, 2.75) is 24.9 Å². The topological polar surface area (TPSA) is 85.8 Å². The normalized spacial score (nSPS) is 11.1. The molecule has 0 fully saturated rings. The molecular weight excluding hydrogens is 386 g/mol. The molecule has 4 rings (SSSR count). The van der Waals surface area contributed by atoms with E-state index in [9.17, 15) is 4.79 Å². The summed E-state index contributed by atoms with van der Waals surface area (Å²) in [5, 5.41) is 3.63. The fourth-order valence-electron chi connectivity index (χ4n) is 3.20. The summed E-state index contributed by atoms with van der Waals surface area (Å²) in [4.78, 5) is 26.1. The van der Waals surface area contributed by atoms with E-state index in [0.29, 0.717) is 34.4 Å². The highest BCUT2D eigenvalue weighted by Gasteiger charge is 2.19. The maximum Gasteiger partial charge on any atom is 0.255 e. The number of fused-ring (bicyclic) bond motifs is 1. The molecule has 0 radical (unpaired) electrons. The first-order chi connectivity index (χ1) is 14.2. The first-order valence-corrected chi connectivity index (χ1v) is 10.5. The Morgan fingerprint density at radius 2 is 2.07 bits per heavy atom. The van der Waals surface area contributed by atoms with Gasteiger partial charge in [0.2, 0.25) is 0 Å². The molecule has 0 aliphatic heterocycles. The molecule has 0 aliphatic carbocycles. The number of hydrogen-bond donors (Lipinski definition) is 1. The van der Waals surface area contributed by atoms with Crippen LogP contribution in [0.25, 0.3) is 22.6 Å². The molecule has 0 saturated carbocycles. The smallest absolute Gasteiger partial charge is 0.255 e. The van der Waals surface area contributed by atoms with Gasteiger partial charge in [-0.1, -0.05) is 12.1 Å². The highest BCUT2D eigenvalue weighted by molar-refractivity contribution is 7.98. The minimum Gasteiger partial charge on any atom is -0.461 e. The van der Waals surface area contributed by atoms with Crippen LogP contribution >= 0.6 is 11.8 Å². The monoisotopic (exact) mass is 407 g/mol. The lowest BCUT2D eigenvalue weighted by Gasteiger charge is -2.12. The van der Waals surface area contributed by atoms with Gasteiger partial charge in [0.25, 0.3) is 5.91 Å². The lowest BCUT2D eigenvalue weighted by Crippen LogP contribution is -2.27. The summed E-state index contributed by atoms with van der Waals surface area (Å²) in [6.07, 6.45) is 6.11. The highest BCUT2D eigenvalue weighted by Crippen LogP contribution is 2.25. The van der Waals surface area contributed by atoms with Crippen molar-refractivity contribution in [3.05, 3.63) is 60.2 Å². The summed E-state index contributed by atoms with van der Waals surface area (Å²) < 4.78 is 7.48. The second-order valence-corrected chi connectivity index (χ2v) is 7.33. The van der Waals surface area contributed by atoms with Gasteiger partial charge in [0.1, 0.15) is 5.03 Å². The largest absolute Gasteiger partial charge is 0.461 e. The molecule has 29 heavy (non-hydrogen) atoms. The quantitative estimate of drug-likeness (QED) is 0.284. The molecule has 0 spiro atoms. The van der Waals surface area contributed by atoms with Crippen molar-refractivity contribution in [3.8, 4) is 11.6 Å². The van der Waals surface area contributed by atoms with Gasteiger partial charge in [-0.15, -0.1) is 11.8 Å². The number of nitrogens with one attached hydrogen (secondary N) is 1. The van der Waals surface area contributed by atoms with Crippen LogP contribution in [-0.2, 0) is 6.54 Å². The van der Waals surface area contributed by atoms with Crippen LogP contribution in [0.1, 0.15) is 22.5 Å². The number of aryl methyl sites for hydroxylation is 2. The van der Waals surface area contributed by atoms with Gasteiger partial charge in [-0.2, -0.15) is 0 Å². The van der Waals surface area contributed by atoms with Crippen LogP contribution in [0.4, 0.5) is 0 Å². The average molecular weight is 407 g/mol. The van der Waals surface area contributed by atoms with E-state index < -0.39 is 0 Å². The zero-order valence-electron chi connectivity index (χ0n) is 16.3. The van der Waals surface area contributed by atoms with E-state index in [1.807, 2.05) is 43.8 Å². The Kier molecular flexibility index (Phi) is 5.62. The average Bonchev–Trinajstić information content (AvgIpc) is 3.41. The van der Waals surface area contributed by atoms with Crippen LogP contribution in [0.5, 0.6) is 0 Å². The molecule has 1 amide bonds. The number of carbonyl (C=O) groups is 1. The summed E-state index contributed by atoms with van der Waals surface area (Å²) in [5.74, 6) is 0.914. The van der Waals surface area contributed by atoms with Gasteiger partial charge < -0.3 is 14.3 Å². The molecule has 4 aromatic rings. The van der Waals surface area contributed by atoms with E-state index in [-0.39, 0.29) is 5.91 Å². The van der Waals surface area contributed by atoms with Crippen LogP contribution in [-0.4, -0.2) is 38.2 Å². The highest BCUT2D eigenvalue weighted by atomic mass is 32.2. The Bertz CT molecular complexity index is 1140. The Morgan fingerprint density at radius 3 is 2.86 bits per heavy atom. The van der Waals surface area contributed by atoms with Crippen molar-refractivity contribution in [2.75, 3.05) is 12.8 Å². The standard InChI is InChI=1S/C21H21N5O2S/c1-14-18(21(29-2)25-19(24-14)17-9-5-12-28-17)20(27)22-10-6-11-26-13-23-15-7-3-4-8-16(15)26/h3-5,7-9,12-13H,6,10-11H2,1-2H3,(H,22,27). The van der Waals surface area contributed by atoms with Crippen LogP contribution in [0.15, 0.2) is 58.4 Å². The van der Waals surface area contributed by atoms with Gasteiger partial charge in [0, 0.05) is 13.1 Å². The number of nitrogens with zero attached hydrogens (tertiary/aromatic N) is 4. The van der Waals surface area contributed by atoms with Crippen molar-refractivity contribution < 1.29 is 9.21 Å². The molecular formula is C21H21N5O2S. The molecule has 1 aromatic carbocycles. The summed E-state index contributed by atoms with van der Waals surface area (Å²) >= 11 is 1.42. The maximum absolute atomic E-state index is 12.8. The molecule has 7 nitrogen and oxygen atoms in total. The number of carbonyl (C=O) groups excluding carboxylic acids is 1. The Labute approximate surface area is 172 Å². The Balaban J connectivity index is 1.41. The molecule has 0 atom stereocenters. The third-order valence-electron chi connectivity index (χ3n) is 4.61. The van der Waals surface area contributed by atoms with Gasteiger partial charge in [0.05, 0.1) is 34.9 Å². The predicted octanol–water partition coefficient (Wildman–Crippen LogP) is 3.94. The molecule has 0 unspecified atom stereocenters. The zero-order valence-corrected chi connectivity index (χ0v) is 17.1. The second kappa shape index (κ2) is 8.48. The maximum atomic E-state index is 12.8. The number of rotatable bonds is 7. The van der Waals surface area contributed by atoms with E-state index in [1.54, 1.807) is 18.4 Å². The molecule has 0 bridgehead atoms. The first kappa shape index (κ1) is 19.2. The number of hydrogen-bond acceptors (Lipinski definition) is 6. The SMILES string of the molecule is CSc1nc(-c2ccco2)nc(C)c1C(=O)NCCCn1cnc2ccccc21. The van der Waals surface area contributed by atoms with Crippen molar-refractivity contribution >= 4 is 28.7 Å². The van der Waals surface area contributed by atoms with Crippen LogP contribution < -0.4 is 5.32 Å². The number of aromatic nitrogens is 4. The van der Waals surface area contributed by atoms with Crippen molar-refractivity contribution in [1.82, 2.24) is 24.8 Å². The summed E-state index contributed by atoms with van der Waals surface area (Å²) in [6, 6.07) is 11.6. The molecule has 8 heteroatoms. The number of amides is 1. The number of thioether (sulfide) groups is 1. The molecule has 0 aliphatic rings. The number of furan rings is 1. The molecule has 3 heterocycles. The van der Waals surface area contributed by atoms with Crippen LogP contribution in [0, 0.1) is 6.92 Å². The summed E-state index contributed by atoms with van der Waals surface area (Å²) in [7, 11) is 0. The Hall–Kier alpha value is -3.13. The number of benzene rings is 1. The fraction of sp³-hybridized carbons (Fsp3) is 0.238. The lowest BCUT2D eigenvalue weighted by atomic mass is 10.2. The minimum absolute atomic E-state index is 0.159. The van der Waals surface area contributed by atoms with E-state index in [2.05, 4.69) is 24.8 Å². The summed E-state index contributed by atoms with van der Waals surface area (Å²) in [6.45, 7) is 3.15. The van der Waals surface area contributed by atoms with Crippen LogP contribution in [0.3, 0.4) is 0 Å². The Morgan fingerprint density at radius 1 is 1.21 bits per heavy atom. The van der Waals surface area contributed by atoms with Crippen molar-refractivity contribution in [3.63, 3.8) is 0 Å². The molecule has 3 aromatic heterocycles. The molecule has 0 saturated heterocycles. The van der Waals surface area contributed by atoms with Gasteiger partial charge in [-0.3, -0.25) is 4.79 Å². The van der Waals surface area contributed by atoms with Crippen LogP contribution in [0.2, 0.25) is 0 Å². The van der Waals surface area contributed by atoms with Gasteiger partial charge in [-0.05, 0) is 43.9 Å². The lowest BCUT2D eigenvalue weighted by molar-refractivity contribution is 0.0948. The second-order valence-electron chi connectivity index (χ2n) is 6.53. The van der Waals surface area contributed by atoms with Gasteiger partial charge in [-0.25, -0.2) is 15.0 Å². The zero-order chi connectivity index (χ0) is 20.2. The van der Waals surface area contributed by atoms with E-state index in [1.165, 1.54) is 11.8 Å². The third kappa shape index (κ3) is 4.02. The fourth-order valence-corrected chi connectivity index (χ4v) is 3.82. The van der Waals surface area contributed by atoms with E-state index in [4.69, 9.17) is 4.42 Å². The predicted molar refractivity (Wildman–Crippen MR) is 113 cm³/mol. The van der Waals surface area contributed by atoms with Gasteiger partial charge >= 0.3 is 0 Å².